The molecule has 3 aliphatic rings. The van der Waals surface area contributed by atoms with Gasteiger partial charge in [-0.1, -0.05) is 52.0 Å². The van der Waals surface area contributed by atoms with Crippen LogP contribution < -0.4 is 10.6 Å². The molecule has 2 N–H and O–H groups in total. The van der Waals surface area contributed by atoms with E-state index >= 15 is 0 Å². The number of fused-ring (bicyclic) bond motifs is 2. The van der Waals surface area contributed by atoms with Crippen molar-refractivity contribution < 1.29 is 0 Å². The third kappa shape index (κ3) is 4.21. The van der Waals surface area contributed by atoms with Crippen LogP contribution in [0, 0.1) is 23.2 Å². The molecule has 5 rings (SSSR count). The van der Waals surface area contributed by atoms with Crippen LogP contribution in [-0.4, -0.2) is 23.1 Å². The summed E-state index contributed by atoms with van der Waals surface area (Å²) in [5.74, 6) is 4.25. The molecule has 2 aliphatic carbocycles. The number of nitrogen functional groups attached to an aromatic ring is 1. The fourth-order valence-electron chi connectivity index (χ4n) is 6.34. The molecule has 2 fully saturated rings. The molecule has 1 unspecified atom stereocenters. The van der Waals surface area contributed by atoms with Gasteiger partial charge in [0.15, 0.2) is 0 Å². The van der Waals surface area contributed by atoms with Gasteiger partial charge < -0.3 is 10.6 Å². The van der Waals surface area contributed by atoms with E-state index in [1.54, 1.807) is 0 Å². The van der Waals surface area contributed by atoms with Crippen molar-refractivity contribution in [1.82, 2.24) is 9.97 Å². The highest BCUT2D eigenvalue weighted by molar-refractivity contribution is 5.62. The summed E-state index contributed by atoms with van der Waals surface area (Å²) >= 11 is 0. The summed E-state index contributed by atoms with van der Waals surface area (Å²) < 4.78 is 0. The lowest BCUT2D eigenvalue weighted by molar-refractivity contribution is 0.274. The number of anilines is 2. The van der Waals surface area contributed by atoms with E-state index in [9.17, 15) is 5.26 Å². The van der Waals surface area contributed by atoms with Crippen LogP contribution in [0.2, 0.25) is 0 Å². The van der Waals surface area contributed by atoms with Crippen LogP contribution in [0.15, 0.2) is 12.1 Å². The second kappa shape index (κ2) is 9.33. The summed E-state index contributed by atoms with van der Waals surface area (Å²) in [7, 11) is 0. The van der Waals surface area contributed by atoms with Gasteiger partial charge in [-0.2, -0.15) is 5.26 Å². The summed E-state index contributed by atoms with van der Waals surface area (Å²) in [6.45, 7) is 6.70. The van der Waals surface area contributed by atoms with E-state index in [1.807, 2.05) is 6.07 Å². The van der Waals surface area contributed by atoms with Crippen LogP contribution in [0.25, 0.3) is 0 Å². The molecule has 1 saturated heterocycles. The maximum absolute atomic E-state index is 9.95. The van der Waals surface area contributed by atoms with Gasteiger partial charge in [0.2, 0.25) is 0 Å². The fraction of sp³-hybridized carbons (Fsp3) is 0.607. The zero-order valence-corrected chi connectivity index (χ0v) is 20.2. The first-order valence-corrected chi connectivity index (χ1v) is 13.0. The second-order valence-corrected chi connectivity index (χ2v) is 10.5. The highest BCUT2D eigenvalue weighted by atomic mass is 15.3. The van der Waals surface area contributed by atoms with Crippen LogP contribution in [0.4, 0.5) is 11.5 Å². The van der Waals surface area contributed by atoms with Crippen molar-refractivity contribution in [3.63, 3.8) is 0 Å². The average Bonchev–Trinajstić information content (AvgIpc) is 3.31. The minimum Gasteiger partial charge on any atom is -0.398 e. The lowest BCUT2D eigenvalue weighted by Gasteiger charge is -2.44. The van der Waals surface area contributed by atoms with Crippen molar-refractivity contribution in [1.29, 1.82) is 5.26 Å². The van der Waals surface area contributed by atoms with Crippen LogP contribution in [0.3, 0.4) is 0 Å². The Morgan fingerprint density at radius 1 is 1.03 bits per heavy atom. The Labute approximate surface area is 198 Å². The monoisotopic (exact) mass is 443 g/mol. The van der Waals surface area contributed by atoms with Gasteiger partial charge in [-0.25, -0.2) is 9.97 Å². The molecule has 1 saturated carbocycles. The Bertz CT molecular complexity index is 1060. The average molecular weight is 444 g/mol. The molecular formula is C28H37N5. The molecule has 2 heterocycles. The van der Waals surface area contributed by atoms with Gasteiger partial charge in [0.1, 0.15) is 17.7 Å². The van der Waals surface area contributed by atoms with Crippen molar-refractivity contribution in [3.8, 4) is 6.07 Å². The van der Waals surface area contributed by atoms with E-state index in [4.69, 9.17) is 15.7 Å². The van der Waals surface area contributed by atoms with Gasteiger partial charge in [-0.3, -0.25) is 0 Å². The summed E-state index contributed by atoms with van der Waals surface area (Å²) in [4.78, 5) is 12.6. The number of hydrogen-bond donors (Lipinski definition) is 1. The minimum atomic E-state index is 0.420. The molecule has 33 heavy (non-hydrogen) atoms. The third-order valence-corrected chi connectivity index (χ3v) is 8.39. The van der Waals surface area contributed by atoms with Crippen molar-refractivity contribution in [2.24, 2.45) is 11.8 Å². The Kier molecular flexibility index (Phi) is 6.27. The van der Waals surface area contributed by atoms with E-state index in [1.165, 1.54) is 49.0 Å². The van der Waals surface area contributed by atoms with Crippen LogP contribution in [0.5, 0.6) is 0 Å². The van der Waals surface area contributed by atoms with Crippen molar-refractivity contribution in [3.05, 3.63) is 45.9 Å². The predicted molar refractivity (Wildman–Crippen MR) is 133 cm³/mol. The molecule has 174 valence electrons. The first-order valence-electron chi connectivity index (χ1n) is 13.0. The maximum Gasteiger partial charge on any atom is 0.135 e. The predicted octanol–water partition coefficient (Wildman–Crippen LogP) is 5.54. The topological polar surface area (TPSA) is 78.8 Å². The van der Waals surface area contributed by atoms with Crippen molar-refractivity contribution >= 4 is 11.5 Å². The summed E-state index contributed by atoms with van der Waals surface area (Å²) in [6.07, 6.45) is 11.6. The first-order chi connectivity index (χ1) is 16.1. The number of rotatable bonds is 3. The lowest BCUT2D eigenvalue weighted by Crippen LogP contribution is -2.50. The highest BCUT2D eigenvalue weighted by Crippen LogP contribution is 2.40. The molecule has 0 spiro atoms. The Hall–Kier alpha value is -2.61. The van der Waals surface area contributed by atoms with Gasteiger partial charge in [-0.05, 0) is 54.2 Å². The van der Waals surface area contributed by atoms with E-state index in [0.29, 0.717) is 23.6 Å². The third-order valence-electron chi connectivity index (χ3n) is 8.39. The molecule has 0 radical (unpaired) electrons. The molecule has 1 atom stereocenters. The number of aromatic nitrogens is 2. The quantitative estimate of drug-likeness (QED) is 0.630. The molecular weight excluding hydrogens is 406 g/mol. The van der Waals surface area contributed by atoms with Crippen LogP contribution >= 0.6 is 0 Å². The molecule has 1 aromatic carbocycles. The van der Waals surface area contributed by atoms with E-state index in [2.05, 4.69) is 30.9 Å². The van der Waals surface area contributed by atoms with Gasteiger partial charge in [-0.15, -0.1) is 0 Å². The maximum atomic E-state index is 9.95. The number of nitrogens with two attached hydrogens (primary N) is 1. The summed E-state index contributed by atoms with van der Waals surface area (Å²) in [5.41, 5.74) is 12.2. The molecule has 5 nitrogen and oxygen atoms in total. The van der Waals surface area contributed by atoms with Crippen molar-refractivity contribution in [2.75, 3.05) is 23.7 Å². The summed E-state index contributed by atoms with van der Waals surface area (Å²) in [5, 5.41) is 9.95. The number of nitriles is 1. The Morgan fingerprint density at radius 3 is 2.52 bits per heavy atom. The number of benzene rings is 1. The molecule has 2 aromatic rings. The normalized spacial score (nSPS) is 21.7. The number of hydrogen-bond acceptors (Lipinski definition) is 5. The Balaban J connectivity index is 1.55. The number of nitrogens with zero attached hydrogens (tertiary/aromatic N) is 4. The largest absolute Gasteiger partial charge is 0.398 e. The molecule has 5 heteroatoms. The zero-order chi connectivity index (χ0) is 22.9. The van der Waals surface area contributed by atoms with Gasteiger partial charge in [0.25, 0.3) is 0 Å². The Morgan fingerprint density at radius 2 is 1.79 bits per heavy atom. The van der Waals surface area contributed by atoms with Gasteiger partial charge >= 0.3 is 0 Å². The lowest BCUT2D eigenvalue weighted by atomic mass is 9.83. The number of aryl methyl sites for hydroxylation is 1. The minimum absolute atomic E-state index is 0.420. The smallest absolute Gasteiger partial charge is 0.135 e. The van der Waals surface area contributed by atoms with Crippen LogP contribution in [-0.2, 0) is 19.3 Å². The van der Waals surface area contributed by atoms with E-state index in [-0.39, 0.29) is 0 Å². The SMILES string of the molecule is CCc1nc2c(c(N3CC(C4CCCC4)C3)n1)CCCCC(C)c1ccc(N)c(C#N)c1C2. The molecule has 0 amide bonds. The van der Waals surface area contributed by atoms with Crippen molar-refractivity contribution in [2.45, 2.75) is 84.0 Å². The van der Waals surface area contributed by atoms with Gasteiger partial charge in [0, 0.05) is 37.2 Å². The van der Waals surface area contributed by atoms with E-state index in [0.717, 1.165) is 67.7 Å². The zero-order valence-electron chi connectivity index (χ0n) is 20.2. The van der Waals surface area contributed by atoms with Gasteiger partial charge in [0.05, 0.1) is 11.3 Å². The molecule has 1 aliphatic heterocycles. The summed E-state index contributed by atoms with van der Waals surface area (Å²) in [6, 6.07) is 6.46. The molecule has 1 aromatic heterocycles. The fourth-order valence-corrected chi connectivity index (χ4v) is 6.34. The molecule has 0 bridgehead atoms. The van der Waals surface area contributed by atoms with E-state index < -0.39 is 0 Å². The standard InChI is InChI=1S/C28H37N5/c1-3-27-31-26-14-23-21(12-13-25(30)24(23)15-29)18(2)8-4-7-11-22(26)28(32-27)33-16-20(17-33)19-9-5-6-10-19/h12-13,18-20H,3-11,14,16-17,30H2,1-2H3. The first kappa shape index (κ1) is 22.2. The van der Waals surface area contributed by atoms with Crippen LogP contribution in [0.1, 0.15) is 98.5 Å². The highest BCUT2D eigenvalue weighted by Gasteiger charge is 2.37. The second-order valence-electron chi connectivity index (χ2n) is 10.5.